The van der Waals surface area contributed by atoms with Crippen LogP contribution in [0.15, 0.2) is 0 Å². The van der Waals surface area contributed by atoms with Crippen LogP contribution in [0.25, 0.3) is 0 Å². The van der Waals surface area contributed by atoms with Crippen LogP contribution in [0.3, 0.4) is 0 Å². The molecule has 0 aromatic rings. The predicted molar refractivity (Wildman–Crippen MR) is 26.0 cm³/mol. The van der Waals surface area contributed by atoms with Crippen LogP contribution in [0.4, 0.5) is 0 Å². The quantitative estimate of drug-likeness (QED) is 0.383. The standard InChI is InChI=1S/Mo.4H3N.5O/h;4*1H3;;;;;/q;;;;;;;-2;2*-1/p+4. The van der Waals surface area contributed by atoms with E-state index in [2.05, 4.69) is 0 Å². The zero-order chi connectivity index (χ0) is 4.50. The van der Waals surface area contributed by atoms with Gasteiger partial charge in [0.15, 0.2) is 0 Å². The van der Waals surface area contributed by atoms with Gasteiger partial charge < -0.3 is 30.1 Å². The minimum atomic E-state index is -6.02. The molecule has 0 fully saturated rings. The molecule has 0 atom stereocenters. The molecule has 0 bridgehead atoms. The Kier molecular flexibility index (Phi) is 80.9. The van der Waals surface area contributed by atoms with Crippen molar-refractivity contribution >= 4 is 0 Å². The molecule has 0 aliphatic heterocycles. The van der Waals surface area contributed by atoms with E-state index in [1.54, 1.807) is 0 Å². The third kappa shape index (κ3) is 5690000. The molecule has 0 aromatic carbocycles. The molecular weight excluding hydrogens is 232 g/mol. The molecule has 16 N–H and O–H groups in total. The first-order chi connectivity index (χ1) is 2.00. The number of quaternary nitrogens is 4. The Labute approximate surface area is 61.8 Å². The molecule has 0 saturated heterocycles. The first kappa shape index (κ1) is 50.6. The number of hydrogen-bond acceptors (Lipinski definition) is 4. The molecule has 72 valence electrons. The molecular formula is H16MoN4O5. The van der Waals surface area contributed by atoms with Crippen molar-refractivity contribution in [3.8, 4) is 0 Å². The molecule has 0 unspecified atom stereocenters. The van der Waals surface area contributed by atoms with Crippen molar-refractivity contribution in [1.82, 2.24) is 24.6 Å². The van der Waals surface area contributed by atoms with E-state index in [-0.39, 0.29) is 30.1 Å². The van der Waals surface area contributed by atoms with Crippen LogP contribution in [0.1, 0.15) is 0 Å². The fraction of sp³-hybridized carbons (Fsp3) is 0. The van der Waals surface area contributed by atoms with Gasteiger partial charge in [0, 0.05) is 0 Å². The molecule has 0 saturated carbocycles. The second-order valence-corrected chi connectivity index (χ2v) is 2.42. The van der Waals surface area contributed by atoms with Crippen molar-refractivity contribution in [3.05, 3.63) is 0 Å². The summed E-state index contributed by atoms with van der Waals surface area (Å²) in [7, 11) is 0. The molecule has 0 heterocycles. The number of rotatable bonds is 0. The molecule has 10 heavy (non-hydrogen) atoms. The van der Waals surface area contributed by atoms with Gasteiger partial charge in [-0.25, -0.2) is 0 Å². The van der Waals surface area contributed by atoms with Gasteiger partial charge in [0.05, 0.1) is 0 Å². The van der Waals surface area contributed by atoms with Crippen LogP contribution in [0.5, 0.6) is 0 Å². The Balaban J connectivity index is -0.00000000800. The topological polar surface area (TPSA) is 255 Å². The summed E-state index contributed by atoms with van der Waals surface area (Å²) >= 11 is -6.02. The Hall–Kier alpha value is 0.00831. The normalized spacial score (nSPS) is 5.80. The summed E-state index contributed by atoms with van der Waals surface area (Å²) in [5.74, 6) is 0. The van der Waals surface area contributed by atoms with Crippen molar-refractivity contribution in [2.75, 3.05) is 0 Å². The molecule has 9 nitrogen and oxygen atoms in total. The summed E-state index contributed by atoms with van der Waals surface area (Å²) in [6.07, 6.45) is 0. The maximum atomic E-state index is 8.63. The zero-order valence-corrected chi connectivity index (χ0v) is 8.46. The van der Waals surface area contributed by atoms with Crippen molar-refractivity contribution in [1.29, 1.82) is 0 Å². The van der Waals surface area contributed by atoms with Crippen molar-refractivity contribution in [3.63, 3.8) is 0 Å². The van der Waals surface area contributed by atoms with Gasteiger partial charge in [0.1, 0.15) is 0 Å². The molecule has 0 aromatic heterocycles. The summed E-state index contributed by atoms with van der Waals surface area (Å²) in [5, 5.41) is 0. The van der Waals surface area contributed by atoms with E-state index in [0.29, 0.717) is 0 Å². The van der Waals surface area contributed by atoms with Crippen molar-refractivity contribution in [2.45, 2.75) is 0 Å². The first-order valence-corrected chi connectivity index (χ1v) is 3.94. The molecule has 0 amide bonds. The van der Waals surface area contributed by atoms with E-state index < -0.39 is 16.7 Å². The Morgan fingerprint density at radius 1 is 0.800 bits per heavy atom. The van der Waals surface area contributed by atoms with Crippen LogP contribution in [0.2, 0.25) is 0 Å². The maximum absolute atomic E-state index is 8.63. The Bertz CT molecular complexity index is 96.8. The molecule has 0 aliphatic rings. The van der Waals surface area contributed by atoms with Gasteiger partial charge in [-0.3, -0.25) is 0 Å². The molecule has 0 rings (SSSR count). The van der Waals surface area contributed by atoms with Gasteiger partial charge in [-0.05, 0) is 0 Å². The second-order valence-electron chi connectivity index (χ2n) is 0.408. The predicted octanol–water partition coefficient (Wildman–Crippen LogP) is -1.23. The van der Waals surface area contributed by atoms with Crippen LogP contribution >= 0.6 is 0 Å². The van der Waals surface area contributed by atoms with Crippen LogP contribution in [-0.4, -0.2) is 0 Å². The van der Waals surface area contributed by atoms with Crippen LogP contribution in [-0.2, 0) is 29.0 Å². The summed E-state index contributed by atoms with van der Waals surface area (Å²) in [6.45, 7) is 0. The van der Waals surface area contributed by atoms with E-state index in [1.165, 1.54) is 0 Å². The minimum absolute atomic E-state index is 0. The van der Waals surface area contributed by atoms with E-state index in [0.717, 1.165) is 0 Å². The van der Waals surface area contributed by atoms with E-state index in [1.807, 2.05) is 0 Å². The van der Waals surface area contributed by atoms with E-state index in [4.69, 9.17) is 14.3 Å². The molecule has 0 spiro atoms. The SMILES string of the molecule is [NH4+].[NH4+].[NH4+].[NH4+].[O-2].[O]=[Mo](=[O])([O-])[O-]. The first-order valence-electron chi connectivity index (χ1n) is 0.667. The third-order valence-corrected chi connectivity index (χ3v) is 0. The average Bonchev–Trinajstić information content (AvgIpc) is 0.722. The summed E-state index contributed by atoms with van der Waals surface area (Å²) < 4.78 is 34.5. The molecule has 0 aliphatic carbocycles. The van der Waals surface area contributed by atoms with Gasteiger partial charge in [-0.1, -0.05) is 0 Å². The number of hydrogen-bond donors (Lipinski definition) is 4. The van der Waals surface area contributed by atoms with Crippen molar-refractivity contribution < 1.29 is 36.5 Å². The summed E-state index contributed by atoms with van der Waals surface area (Å²) in [6, 6.07) is 0. The Morgan fingerprint density at radius 3 is 0.800 bits per heavy atom. The fourth-order valence-electron chi connectivity index (χ4n) is 0. The van der Waals surface area contributed by atoms with Crippen LogP contribution < -0.4 is 32.1 Å². The summed E-state index contributed by atoms with van der Waals surface area (Å²) in [5.41, 5.74) is 0. The zero-order valence-electron chi connectivity index (χ0n) is 6.45. The van der Waals surface area contributed by atoms with Crippen LogP contribution in [0, 0.1) is 0 Å². The molecule has 10 heteroatoms. The second kappa shape index (κ2) is 16.0. The monoisotopic (exact) mass is 250 g/mol. The fourth-order valence-corrected chi connectivity index (χ4v) is 0. The Morgan fingerprint density at radius 2 is 0.800 bits per heavy atom. The average molecular weight is 248 g/mol. The van der Waals surface area contributed by atoms with Gasteiger partial charge in [0.25, 0.3) is 0 Å². The van der Waals surface area contributed by atoms with Crippen molar-refractivity contribution in [2.24, 2.45) is 0 Å². The van der Waals surface area contributed by atoms with Gasteiger partial charge in [0.2, 0.25) is 0 Å². The van der Waals surface area contributed by atoms with Gasteiger partial charge in [-0.2, -0.15) is 0 Å². The van der Waals surface area contributed by atoms with E-state index in [9.17, 15) is 0 Å². The summed E-state index contributed by atoms with van der Waals surface area (Å²) in [4.78, 5) is 0. The van der Waals surface area contributed by atoms with E-state index >= 15 is 0 Å². The van der Waals surface area contributed by atoms with Gasteiger partial charge >= 0.3 is 31.1 Å². The molecule has 0 radical (unpaired) electrons. The van der Waals surface area contributed by atoms with Gasteiger partial charge in [-0.15, -0.1) is 0 Å². The third-order valence-electron chi connectivity index (χ3n) is 0.